The van der Waals surface area contributed by atoms with E-state index in [4.69, 9.17) is 10.5 Å². The third-order valence-electron chi connectivity index (χ3n) is 9.92. The van der Waals surface area contributed by atoms with Gasteiger partial charge in [-0.15, -0.1) is 0 Å². The lowest BCUT2D eigenvalue weighted by atomic mass is 9.52. The van der Waals surface area contributed by atoms with E-state index in [0.717, 1.165) is 44.9 Å². The molecule has 5 rings (SSSR count). The number of unbranched alkanes of at least 4 members (excludes halogenated alkanes) is 1. The van der Waals surface area contributed by atoms with Gasteiger partial charge in [-0.05, 0) is 122 Å². The molecule has 0 aromatic heterocycles. The van der Waals surface area contributed by atoms with E-state index in [2.05, 4.69) is 13.0 Å². The molecule has 0 saturated heterocycles. The maximum atomic E-state index is 12.8. The highest BCUT2D eigenvalue weighted by molar-refractivity contribution is 7.84. The molecular weight excluding hydrogens is 513 g/mol. The van der Waals surface area contributed by atoms with Gasteiger partial charge in [0.25, 0.3) is 0 Å². The number of para-hydroxylation sites is 1. The van der Waals surface area contributed by atoms with Crippen molar-refractivity contribution in [2.45, 2.75) is 76.7 Å². The Bertz CT molecular complexity index is 1200. The summed E-state index contributed by atoms with van der Waals surface area (Å²) in [7, 11) is -0.905. The van der Waals surface area contributed by atoms with E-state index in [-0.39, 0.29) is 18.2 Å². The molecule has 5 nitrogen and oxygen atoms in total. The van der Waals surface area contributed by atoms with Gasteiger partial charge < -0.3 is 15.6 Å². The molecule has 0 bridgehead atoms. The van der Waals surface area contributed by atoms with E-state index < -0.39 is 16.8 Å². The first-order chi connectivity index (χ1) is 18.8. The number of nitrogens with two attached hydrogens (primary N) is 1. The van der Waals surface area contributed by atoms with Crippen LogP contribution in [-0.2, 0) is 17.2 Å². The zero-order valence-electron chi connectivity index (χ0n) is 22.9. The van der Waals surface area contributed by atoms with E-state index in [1.165, 1.54) is 11.1 Å². The lowest BCUT2D eigenvalue weighted by Gasteiger charge is -2.53. The number of hydrogen-bond acceptors (Lipinski definition) is 5. The Labute approximate surface area is 234 Å². The minimum Gasteiger partial charge on any atom is -0.423 e. The van der Waals surface area contributed by atoms with E-state index in [1.807, 2.05) is 12.1 Å². The maximum Gasteiger partial charge on any atom is 0.345 e. The summed E-state index contributed by atoms with van der Waals surface area (Å²) in [4.78, 5) is 12.8. The van der Waals surface area contributed by atoms with E-state index >= 15 is 0 Å². The van der Waals surface area contributed by atoms with Crippen molar-refractivity contribution >= 4 is 22.5 Å². The predicted octanol–water partition coefficient (Wildman–Crippen LogP) is 6.21. The largest absolute Gasteiger partial charge is 0.423 e. The highest BCUT2D eigenvalue weighted by Crippen LogP contribution is 2.62. The number of esters is 1. The van der Waals surface area contributed by atoms with Crippen molar-refractivity contribution in [2.75, 3.05) is 23.9 Å². The van der Waals surface area contributed by atoms with Gasteiger partial charge in [0.1, 0.15) is 5.75 Å². The fourth-order valence-corrected chi connectivity index (χ4v) is 9.11. The number of halogens is 1. The Morgan fingerprint density at radius 3 is 2.72 bits per heavy atom. The summed E-state index contributed by atoms with van der Waals surface area (Å²) in [6, 6.07) is 13.0. The zero-order valence-corrected chi connectivity index (χ0v) is 23.8. The molecule has 7 atom stereocenters. The van der Waals surface area contributed by atoms with Gasteiger partial charge in [0.15, 0.2) is 0 Å². The van der Waals surface area contributed by atoms with Gasteiger partial charge in [-0.2, -0.15) is 0 Å². The fraction of sp³-hybridized carbons (Fsp3) is 0.594. The van der Waals surface area contributed by atoms with Gasteiger partial charge in [-0.3, -0.25) is 8.60 Å². The van der Waals surface area contributed by atoms with Crippen LogP contribution in [0.4, 0.5) is 10.1 Å². The quantitative estimate of drug-likeness (QED) is 0.157. The molecule has 0 spiro atoms. The number of nitrogen functional groups attached to an aromatic ring is 1. The van der Waals surface area contributed by atoms with Crippen molar-refractivity contribution in [3.05, 3.63) is 59.2 Å². The number of hydrogen-bond donors (Lipinski definition) is 2. The third-order valence-corrected chi connectivity index (χ3v) is 11.4. The SMILES string of the molecule is C[C@]12CC[C@@H]3c4ccc(OC(=O)c5ccccc5N)cc4C[C@@H](CCCS(=O)CCCCF)[C@H]3[C@@H]1CC[C@@H]2O. The number of ether oxygens (including phenoxy) is 1. The molecule has 3 N–H and O–H groups in total. The summed E-state index contributed by atoms with van der Waals surface area (Å²) in [5.74, 6) is 3.14. The number of carbonyl (C=O) groups excluding carboxylic acids is 1. The van der Waals surface area contributed by atoms with Crippen molar-refractivity contribution in [1.29, 1.82) is 0 Å². The van der Waals surface area contributed by atoms with Crippen molar-refractivity contribution in [1.82, 2.24) is 0 Å². The molecule has 0 radical (unpaired) electrons. The third kappa shape index (κ3) is 5.81. The van der Waals surface area contributed by atoms with Gasteiger partial charge in [0.2, 0.25) is 0 Å². The molecule has 2 aromatic carbocycles. The van der Waals surface area contributed by atoms with Gasteiger partial charge in [-0.25, -0.2) is 4.79 Å². The number of carbonyl (C=O) groups is 1. The molecule has 2 saturated carbocycles. The molecule has 0 heterocycles. The molecule has 0 amide bonds. The van der Waals surface area contributed by atoms with E-state index in [0.29, 0.717) is 65.0 Å². The molecule has 3 aliphatic carbocycles. The molecule has 7 heteroatoms. The number of fused-ring (bicyclic) bond motifs is 5. The Kier molecular flexibility index (Phi) is 8.77. The lowest BCUT2D eigenvalue weighted by Crippen LogP contribution is -2.47. The van der Waals surface area contributed by atoms with Crippen molar-refractivity contribution in [3.63, 3.8) is 0 Å². The Morgan fingerprint density at radius 1 is 1.13 bits per heavy atom. The number of rotatable bonds is 10. The van der Waals surface area contributed by atoms with E-state index in [1.54, 1.807) is 24.3 Å². The smallest absolute Gasteiger partial charge is 0.345 e. The lowest BCUT2D eigenvalue weighted by molar-refractivity contribution is -0.0393. The van der Waals surface area contributed by atoms with Crippen LogP contribution in [-0.4, -0.2) is 39.6 Å². The second-order valence-electron chi connectivity index (χ2n) is 12.1. The number of alkyl halides is 1. The summed E-state index contributed by atoms with van der Waals surface area (Å²) in [6.07, 6.45) is 7.71. The van der Waals surface area contributed by atoms with Crippen LogP contribution in [0.1, 0.15) is 85.7 Å². The highest BCUT2D eigenvalue weighted by Gasteiger charge is 2.56. The van der Waals surface area contributed by atoms with Gasteiger partial charge in [0, 0.05) is 28.0 Å². The molecular formula is C32H42FNO4S. The van der Waals surface area contributed by atoms with Crippen LogP contribution >= 0.6 is 0 Å². The topological polar surface area (TPSA) is 89.6 Å². The first kappa shape index (κ1) is 28.3. The van der Waals surface area contributed by atoms with Crippen LogP contribution in [0.25, 0.3) is 0 Å². The first-order valence-electron chi connectivity index (χ1n) is 14.6. The number of anilines is 1. The second-order valence-corrected chi connectivity index (χ2v) is 13.8. The summed E-state index contributed by atoms with van der Waals surface area (Å²) in [5.41, 5.74) is 9.30. The maximum absolute atomic E-state index is 12.8. The monoisotopic (exact) mass is 555 g/mol. The molecule has 3 aliphatic rings. The minimum atomic E-state index is -0.905. The molecule has 212 valence electrons. The van der Waals surface area contributed by atoms with Crippen molar-refractivity contribution < 1.29 is 23.2 Å². The Hall–Kier alpha value is -2.25. The molecule has 2 fully saturated rings. The molecule has 2 aromatic rings. The average molecular weight is 556 g/mol. The standard InChI is InChI=1S/C32H42FNO4S/c1-32-15-14-25-24-11-10-23(38-31(36)26-8-2-3-9-28(26)34)20-22(24)19-21(30(25)27(32)12-13-29(32)35)7-6-18-39(37)17-5-4-16-33/h2-3,8-11,20-21,25,27,29-30,35H,4-7,12-19,34H2,1H3/t21-,25-,27+,29+,30-,32+,39?/m1/s1. The van der Waals surface area contributed by atoms with Crippen LogP contribution in [0.5, 0.6) is 5.75 Å². The normalized spacial score (nSPS) is 30.2. The highest BCUT2D eigenvalue weighted by atomic mass is 32.2. The van der Waals surface area contributed by atoms with Gasteiger partial charge in [-0.1, -0.05) is 25.1 Å². The fourth-order valence-electron chi connectivity index (χ4n) is 7.90. The Morgan fingerprint density at radius 2 is 1.92 bits per heavy atom. The van der Waals surface area contributed by atoms with Crippen LogP contribution < -0.4 is 10.5 Å². The molecule has 1 unspecified atom stereocenters. The van der Waals surface area contributed by atoms with Crippen molar-refractivity contribution in [3.8, 4) is 5.75 Å². The summed E-state index contributed by atoms with van der Waals surface area (Å²) in [6.45, 7) is 1.94. The van der Waals surface area contributed by atoms with Crippen LogP contribution in [0.15, 0.2) is 42.5 Å². The van der Waals surface area contributed by atoms with Gasteiger partial charge >= 0.3 is 5.97 Å². The summed E-state index contributed by atoms with van der Waals surface area (Å²) in [5, 5.41) is 10.9. The second kappa shape index (κ2) is 12.1. The summed E-state index contributed by atoms with van der Waals surface area (Å²) >= 11 is 0. The van der Waals surface area contributed by atoms with Crippen molar-refractivity contribution in [2.24, 2.45) is 23.2 Å². The summed E-state index contributed by atoms with van der Waals surface area (Å²) < 4.78 is 30.7. The molecule has 39 heavy (non-hydrogen) atoms. The average Bonchev–Trinajstić information content (AvgIpc) is 3.22. The molecule has 0 aliphatic heterocycles. The number of aliphatic hydroxyl groups is 1. The van der Waals surface area contributed by atoms with Crippen LogP contribution in [0.2, 0.25) is 0 Å². The zero-order chi connectivity index (χ0) is 27.6. The first-order valence-corrected chi connectivity index (χ1v) is 16.1. The Balaban J connectivity index is 1.36. The van der Waals surface area contributed by atoms with Gasteiger partial charge in [0.05, 0.1) is 18.3 Å². The number of aliphatic hydroxyl groups excluding tert-OH is 1. The predicted molar refractivity (Wildman–Crippen MR) is 154 cm³/mol. The number of benzene rings is 2. The van der Waals surface area contributed by atoms with Crippen LogP contribution in [0, 0.1) is 23.2 Å². The van der Waals surface area contributed by atoms with Crippen LogP contribution in [0.3, 0.4) is 0 Å². The van der Waals surface area contributed by atoms with E-state index in [9.17, 15) is 18.5 Å². The minimum absolute atomic E-state index is 0.0306.